The smallest absolute Gasteiger partial charge is 0.195 e. The third-order valence-electron chi connectivity index (χ3n) is 2.49. The van der Waals surface area contributed by atoms with Gasteiger partial charge >= 0.3 is 0 Å². The average molecular weight is 186 g/mol. The summed E-state index contributed by atoms with van der Waals surface area (Å²) in [5, 5.41) is 3.08. The number of para-hydroxylation sites is 1. The van der Waals surface area contributed by atoms with Gasteiger partial charge in [-0.25, -0.2) is 4.99 Å². The van der Waals surface area contributed by atoms with E-state index in [9.17, 15) is 0 Å². The maximum atomic E-state index is 5.77. The van der Waals surface area contributed by atoms with Crippen LogP contribution in [0.3, 0.4) is 0 Å². The first-order valence-electron chi connectivity index (χ1n) is 4.65. The summed E-state index contributed by atoms with van der Waals surface area (Å²) in [6.07, 6.45) is 4.44. The summed E-state index contributed by atoms with van der Waals surface area (Å²) in [5.74, 6) is 0.970. The summed E-state index contributed by atoms with van der Waals surface area (Å²) in [4.78, 5) is 4.06. The van der Waals surface area contributed by atoms with E-state index >= 15 is 0 Å². The molecule has 3 rings (SSSR count). The predicted molar refractivity (Wildman–Crippen MR) is 54.3 cm³/mol. The Morgan fingerprint density at radius 1 is 1.36 bits per heavy atom. The van der Waals surface area contributed by atoms with Crippen LogP contribution >= 0.6 is 0 Å². The molecule has 0 saturated heterocycles. The van der Waals surface area contributed by atoms with Gasteiger partial charge < -0.3 is 10.1 Å². The Morgan fingerprint density at radius 3 is 3.29 bits per heavy atom. The van der Waals surface area contributed by atoms with E-state index in [0.717, 1.165) is 12.2 Å². The molecular weight excluding hydrogens is 176 g/mol. The van der Waals surface area contributed by atoms with E-state index in [1.165, 1.54) is 11.1 Å². The highest BCUT2D eigenvalue weighted by Crippen LogP contribution is 2.29. The Kier molecular flexibility index (Phi) is 1.56. The van der Waals surface area contributed by atoms with Gasteiger partial charge in [0.15, 0.2) is 6.23 Å². The molecule has 0 spiro atoms. The Balaban J connectivity index is 2.03. The van der Waals surface area contributed by atoms with Gasteiger partial charge in [0.25, 0.3) is 0 Å². The van der Waals surface area contributed by atoms with E-state index in [4.69, 9.17) is 4.74 Å². The van der Waals surface area contributed by atoms with Crippen molar-refractivity contribution in [3.05, 3.63) is 41.6 Å². The normalized spacial score (nSPS) is 22.6. The maximum absolute atomic E-state index is 5.77. The summed E-state index contributed by atoms with van der Waals surface area (Å²) >= 11 is 0. The molecule has 0 radical (unpaired) electrons. The molecule has 0 saturated carbocycles. The zero-order valence-corrected chi connectivity index (χ0v) is 7.60. The van der Waals surface area contributed by atoms with Gasteiger partial charge in [-0.15, -0.1) is 0 Å². The Labute approximate surface area is 82.1 Å². The highest BCUT2D eigenvalue weighted by atomic mass is 16.5. The second-order valence-corrected chi connectivity index (χ2v) is 3.43. The number of nitrogens with one attached hydrogen (secondary N) is 1. The summed E-state index contributed by atoms with van der Waals surface area (Å²) < 4.78 is 5.77. The van der Waals surface area contributed by atoms with Crippen LogP contribution in [0.15, 0.2) is 41.0 Å². The van der Waals surface area contributed by atoms with Crippen molar-refractivity contribution >= 4 is 6.34 Å². The standard InChI is InChI=1S/C11H10N2O/c1-2-4-10-8(3-1)5-9-6-12-7-13-11(9)14-10/h1-4,6-7,11H,5H2,(H,12,13). The van der Waals surface area contributed by atoms with Crippen molar-refractivity contribution in [2.75, 3.05) is 0 Å². The molecule has 0 aliphatic carbocycles. The Morgan fingerprint density at radius 2 is 2.29 bits per heavy atom. The van der Waals surface area contributed by atoms with E-state index in [0.29, 0.717) is 0 Å². The summed E-state index contributed by atoms with van der Waals surface area (Å²) in [6.45, 7) is 0. The third kappa shape index (κ3) is 1.09. The second kappa shape index (κ2) is 2.87. The molecule has 3 heteroatoms. The second-order valence-electron chi connectivity index (χ2n) is 3.43. The fourth-order valence-corrected chi connectivity index (χ4v) is 1.78. The van der Waals surface area contributed by atoms with Gasteiger partial charge in [-0.05, 0) is 11.6 Å². The van der Waals surface area contributed by atoms with Crippen LogP contribution in [0.5, 0.6) is 5.75 Å². The van der Waals surface area contributed by atoms with Crippen molar-refractivity contribution in [1.82, 2.24) is 5.32 Å². The molecular formula is C11H10N2O. The average Bonchev–Trinajstić information content (AvgIpc) is 2.26. The number of rotatable bonds is 0. The number of fused-ring (bicyclic) bond motifs is 2. The fraction of sp³-hybridized carbons (Fsp3) is 0.182. The lowest BCUT2D eigenvalue weighted by molar-refractivity contribution is 0.206. The minimum atomic E-state index is -0.0256. The SMILES string of the molecule is C1=NC=C2Cc3ccccc3OC2N1. The molecule has 1 aromatic carbocycles. The van der Waals surface area contributed by atoms with Gasteiger partial charge in [-0.1, -0.05) is 18.2 Å². The van der Waals surface area contributed by atoms with Crippen LogP contribution in [0.1, 0.15) is 5.56 Å². The molecule has 1 unspecified atom stereocenters. The van der Waals surface area contributed by atoms with Crippen molar-refractivity contribution < 1.29 is 4.74 Å². The minimum absolute atomic E-state index is 0.0256. The molecule has 2 aliphatic heterocycles. The molecule has 0 aromatic heterocycles. The van der Waals surface area contributed by atoms with Crippen LogP contribution in [0.4, 0.5) is 0 Å². The van der Waals surface area contributed by atoms with Crippen LogP contribution in [0, 0.1) is 0 Å². The highest BCUT2D eigenvalue weighted by Gasteiger charge is 2.24. The summed E-state index contributed by atoms with van der Waals surface area (Å²) in [6, 6.07) is 8.11. The predicted octanol–water partition coefficient (Wildman–Crippen LogP) is 1.46. The Bertz CT molecular complexity index is 423. The van der Waals surface area contributed by atoms with Crippen LogP contribution in [0.25, 0.3) is 0 Å². The van der Waals surface area contributed by atoms with Gasteiger partial charge in [0.05, 0.1) is 6.34 Å². The van der Waals surface area contributed by atoms with Gasteiger partial charge in [-0.2, -0.15) is 0 Å². The topological polar surface area (TPSA) is 33.6 Å². The number of nitrogens with zero attached hydrogens (tertiary/aromatic N) is 1. The first-order chi connectivity index (χ1) is 6.93. The first kappa shape index (κ1) is 7.62. The van der Waals surface area contributed by atoms with Crippen LogP contribution in [0.2, 0.25) is 0 Å². The molecule has 2 aliphatic rings. The zero-order chi connectivity index (χ0) is 9.38. The van der Waals surface area contributed by atoms with Gasteiger partial charge in [0.2, 0.25) is 0 Å². The van der Waals surface area contributed by atoms with Crippen molar-refractivity contribution in [3.8, 4) is 5.75 Å². The van der Waals surface area contributed by atoms with Gasteiger partial charge in [-0.3, -0.25) is 0 Å². The highest BCUT2D eigenvalue weighted by molar-refractivity contribution is 5.59. The minimum Gasteiger partial charge on any atom is -0.466 e. The Hall–Kier alpha value is -1.77. The van der Waals surface area contributed by atoms with Crippen LogP contribution in [-0.4, -0.2) is 12.6 Å². The number of aliphatic imine (C=N–C) groups is 1. The lowest BCUT2D eigenvalue weighted by atomic mass is 10.0. The van der Waals surface area contributed by atoms with E-state index in [1.54, 1.807) is 6.34 Å². The molecule has 70 valence electrons. The molecule has 14 heavy (non-hydrogen) atoms. The van der Waals surface area contributed by atoms with Gasteiger partial charge in [0.1, 0.15) is 5.75 Å². The van der Waals surface area contributed by atoms with Crippen molar-refractivity contribution in [1.29, 1.82) is 0 Å². The number of hydrogen-bond acceptors (Lipinski definition) is 3. The third-order valence-corrected chi connectivity index (χ3v) is 2.49. The fourth-order valence-electron chi connectivity index (χ4n) is 1.78. The van der Waals surface area contributed by atoms with Crippen LogP contribution < -0.4 is 10.1 Å². The summed E-state index contributed by atoms with van der Waals surface area (Å²) in [7, 11) is 0. The van der Waals surface area contributed by atoms with E-state index in [1.807, 2.05) is 24.4 Å². The van der Waals surface area contributed by atoms with E-state index in [-0.39, 0.29) is 6.23 Å². The van der Waals surface area contributed by atoms with Crippen molar-refractivity contribution in [2.45, 2.75) is 12.6 Å². The quantitative estimate of drug-likeness (QED) is 0.665. The van der Waals surface area contributed by atoms with Gasteiger partial charge in [0, 0.05) is 18.2 Å². The van der Waals surface area contributed by atoms with Crippen LogP contribution in [-0.2, 0) is 6.42 Å². The lowest BCUT2D eigenvalue weighted by Gasteiger charge is -2.29. The molecule has 3 nitrogen and oxygen atoms in total. The lowest BCUT2D eigenvalue weighted by Crippen LogP contribution is -2.40. The van der Waals surface area contributed by atoms with Crippen molar-refractivity contribution in [2.24, 2.45) is 4.99 Å². The molecule has 0 amide bonds. The zero-order valence-electron chi connectivity index (χ0n) is 7.60. The first-order valence-corrected chi connectivity index (χ1v) is 4.65. The maximum Gasteiger partial charge on any atom is 0.195 e. The number of benzene rings is 1. The number of ether oxygens (including phenoxy) is 1. The van der Waals surface area contributed by atoms with E-state index in [2.05, 4.69) is 16.4 Å². The number of hydrogen-bond donors (Lipinski definition) is 1. The molecule has 1 aromatic rings. The molecule has 0 bridgehead atoms. The van der Waals surface area contributed by atoms with Crippen molar-refractivity contribution in [3.63, 3.8) is 0 Å². The monoisotopic (exact) mass is 186 g/mol. The molecule has 1 atom stereocenters. The van der Waals surface area contributed by atoms with E-state index < -0.39 is 0 Å². The molecule has 2 heterocycles. The summed E-state index contributed by atoms with van der Waals surface area (Å²) in [5.41, 5.74) is 2.42. The molecule has 1 N–H and O–H groups in total. The largest absolute Gasteiger partial charge is 0.466 e. The molecule has 0 fully saturated rings.